The van der Waals surface area contributed by atoms with Gasteiger partial charge in [-0.3, -0.25) is 24.5 Å². The molecule has 3 heterocycles. The number of benzene rings is 1. The number of pyridine rings is 1. The summed E-state index contributed by atoms with van der Waals surface area (Å²) in [6.07, 6.45) is 1.68. The van der Waals surface area contributed by atoms with Gasteiger partial charge in [-0.25, -0.2) is 9.37 Å². The molecule has 0 saturated carbocycles. The Morgan fingerprint density at radius 1 is 1.30 bits per heavy atom. The highest BCUT2D eigenvalue weighted by molar-refractivity contribution is 6.29. The maximum absolute atomic E-state index is 14.5. The number of carbonyl (C=O) groups is 4. The van der Waals surface area contributed by atoms with Crippen LogP contribution in [0.3, 0.4) is 0 Å². The first kappa shape index (κ1) is 20.0. The fraction of sp³-hybridized carbons (Fsp3) is 0.250. The average molecular weight is 431 g/mol. The minimum absolute atomic E-state index is 0.0901. The summed E-state index contributed by atoms with van der Waals surface area (Å²) in [5.41, 5.74) is 1.22. The number of nitrogens with one attached hydrogen (secondary N) is 2. The number of aromatic nitrogens is 1. The Morgan fingerprint density at radius 3 is 2.80 bits per heavy atom. The minimum atomic E-state index is -0.772. The zero-order valence-corrected chi connectivity index (χ0v) is 16.3. The summed E-state index contributed by atoms with van der Waals surface area (Å²) in [5, 5.41) is 5.08. The largest absolute Gasteiger partial charge is 0.348 e. The summed E-state index contributed by atoms with van der Waals surface area (Å²) in [5.74, 6) is -2.44. The number of amides is 4. The third-order valence-electron chi connectivity index (χ3n) is 5.12. The van der Waals surface area contributed by atoms with E-state index < -0.39 is 29.6 Å². The highest BCUT2D eigenvalue weighted by Gasteiger charge is 2.39. The van der Waals surface area contributed by atoms with Gasteiger partial charge in [-0.15, -0.1) is 0 Å². The molecule has 154 valence electrons. The van der Waals surface area contributed by atoms with E-state index in [9.17, 15) is 23.6 Å². The van der Waals surface area contributed by atoms with Crippen molar-refractivity contribution in [2.24, 2.45) is 0 Å². The Balaban J connectivity index is 1.48. The van der Waals surface area contributed by atoms with Crippen LogP contribution in [0.2, 0.25) is 5.15 Å². The predicted molar refractivity (Wildman–Crippen MR) is 103 cm³/mol. The van der Waals surface area contributed by atoms with E-state index in [1.165, 1.54) is 29.3 Å². The third-order valence-corrected chi connectivity index (χ3v) is 5.34. The Morgan fingerprint density at radius 2 is 2.10 bits per heavy atom. The molecule has 4 rings (SSSR count). The van der Waals surface area contributed by atoms with Crippen LogP contribution in [0.5, 0.6) is 0 Å². The van der Waals surface area contributed by atoms with Crippen LogP contribution in [-0.4, -0.2) is 39.6 Å². The van der Waals surface area contributed by atoms with E-state index in [0.29, 0.717) is 5.56 Å². The van der Waals surface area contributed by atoms with Gasteiger partial charge in [0.25, 0.3) is 11.8 Å². The van der Waals surface area contributed by atoms with E-state index in [1.807, 2.05) is 0 Å². The number of imide groups is 1. The predicted octanol–water partition coefficient (Wildman–Crippen LogP) is 1.57. The lowest BCUT2D eigenvalue weighted by molar-refractivity contribution is -0.136. The second-order valence-corrected chi connectivity index (χ2v) is 7.44. The van der Waals surface area contributed by atoms with Gasteiger partial charge in [-0.2, -0.15) is 0 Å². The average Bonchev–Trinajstić information content (AvgIpc) is 3.02. The second kappa shape index (κ2) is 7.83. The van der Waals surface area contributed by atoms with Crippen LogP contribution in [0.1, 0.15) is 44.7 Å². The monoisotopic (exact) mass is 430 g/mol. The highest BCUT2D eigenvalue weighted by Crippen LogP contribution is 2.29. The molecule has 8 nitrogen and oxygen atoms in total. The summed E-state index contributed by atoms with van der Waals surface area (Å²) in [7, 11) is 0. The van der Waals surface area contributed by atoms with Crippen molar-refractivity contribution in [3.63, 3.8) is 0 Å². The Labute approximate surface area is 175 Å². The molecule has 1 aromatic carbocycles. The Hall–Kier alpha value is -3.33. The standard InChI is InChI=1S/C20H16ClFN4O4/c21-16-3-1-10(7-23-16)18(28)24-8-11-5-12-9-26(20(30)13(12)6-14(11)22)15-2-4-17(27)25-19(15)29/h1,3,5-7,15H,2,4,8-9H2,(H,24,28)(H,25,27,29). The van der Waals surface area contributed by atoms with Crippen molar-refractivity contribution in [2.75, 3.05) is 0 Å². The molecule has 2 aliphatic heterocycles. The molecule has 1 fully saturated rings. The molecule has 1 aromatic heterocycles. The van der Waals surface area contributed by atoms with Crippen LogP contribution in [0, 0.1) is 5.82 Å². The third kappa shape index (κ3) is 3.76. The van der Waals surface area contributed by atoms with Crippen LogP contribution >= 0.6 is 11.6 Å². The van der Waals surface area contributed by atoms with Crippen LogP contribution in [-0.2, 0) is 22.7 Å². The van der Waals surface area contributed by atoms with Crippen molar-refractivity contribution in [2.45, 2.75) is 32.0 Å². The molecule has 0 aliphatic carbocycles. The number of rotatable bonds is 4. The Bertz CT molecular complexity index is 1070. The van der Waals surface area contributed by atoms with Gasteiger partial charge >= 0.3 is 0 Å². The zero-order valence-electron chi connectivity index (χ0n) is 15.6. The SMILES string of the molecule is O=C1CCC(N2Cc3cc(CNC(=O)c4ccc(Cl)nc4)c(F)cc3C2=O)C(=O)N1. The minimum Gasteiger partial charge on any atom is -0.348 e. The molecule has 4 amide bonds. The van der Waals surface area contributed by atoms with Gasteiger partial charge in [0.1, 0.15) is 17.0 Å². The van der Waals surface area contributed by atoms with Crippen molar-refractivity contribution in [3.8, 4) is 0 Å². The zero-order chi connectivity index (χ0) is 21.4. The fourth-order valence-corrected chi connectivity index (χ4v) is 3.68. The first-order valence-corrected chi connectivity index (χ1v) is 9.57. The molecule has 10 heteroatoms. The van der Waals surface area contributed by atoms with Crippen molar-refractivity contribution < 1.29 is 23.6 Å². The van der Waals surface area contributed by atoms with Crippen molar-refractivity contribution in [1.82, 2.24) is 20.5 Å². The first-order chi connectivity index (χ1) is 14.3. The first-order valence-electron chi connectivity index (χ1n) is 9.19. The summed E-state index contributed by atoms with van der Waals surface area (Å²) < 4.78 is 14.5. The van der Waals surface area contributed by atoms with E-state index in [0.717, 1.165) is 6.07 Å². The lowest BCUT2D eigenvalue weighted by Gasteiger charge is -2.29. The number of halogens is 2. The number of nitrogens with zero attached hydrogens (tertiary/aromatic N) is 2. The van der Waals surface area contributed by atoms with Gasteiger partial charge in [0, 0.05) is 36.8 Å². The smallest absolute Gasteiger partial charge is 0.255 e. The molecule has 2 aliphatic rings. The van der Waals surface area contributed by atoms with E-state index in [-0.39, 0.29) is 53.7 Å². The summed E-state index contributed by atoms with van der Waals surface area (Å²) in [6.45, 7) is 0.0377. The molecule has 30 heavy (non-hydrogen) atoms. The molecule has 1 atom stereocenters. The van der Waals surface area contributed by atoms with Gasteiger partial charge in [0.2, 0.25) is 11.8 Å². The Kier molecular flexibility index (Phi) is 5.21. The van der Waals surface area contributed by atoms with Gasteiger partial charge in [0.05, 0.1) is 5.56 Å². The topological polar surface area (TPSA) is 108 Å². The molecule has 0 spiro atoms. The van der Waals surface area contributed by atoms with Crippen molar-refractivity contribution >= 4 is 35.2 Å². The summed E-state index contributed by atoms with van der Waals surface area (Å²) >= 11 is 5.69. The summed E-state index contributed by atoms with van der Waals surface area (Å²) in [4.78, 5) is 53.5. The van der Waals surface area contributed by atoms with Crippen molar-refractivity contribution in [3.05, 3.63) is 63.7 Å². The van der Waals surface area contributed by atoms with Crippen LogP contribution in [0.15, 0.2) is 30.5 Å². The quantitative estimate of drug-likeness (QED) is 0.565. The van der Waals surface area contributed by atoms with E-state index in [1.54, 1.807) is 0 Å². The van der Waals surface area contributed by atoms with E-state index in [2.05, 4.69) is 15.6 Å². The number of hydrogen-bond donors (Lipinski definition) is 2. The van der Waals surface area contributed by atoms with Gasteiger partial charge in [0.15, 0.2) is 0 Å². The van der Waals surface area contributed by atoms with Crippen LogP contribution in [0.4, 0.5) is 4.39 Å². The van der Waals surface area contributed by atoms with Gasteiger partial charge < -0.3 is 10.2 Å². The molecule has 0 radical (unpaired) electrons. The molecular formula is C20H16ClFN4O4. The lowest BCUT2D eigenvalue weighted by atomic mass is 10.0. The molecule has 1 unspecified atom stereocenters. The van der Waals surface area contributed by atoms with Gasteiger partial charge in [-0.1, -0.05) is 11.6 Å². The maximum atomic E-state index is 14.5. The molecular weight excluding hydrogens is 415 g/mol. The number of fused-ring (bicyclic) bond motifs is 1. The van der Waals surface area contributed by atoms with Crippen LogP contribution in [0.25, 0.3) is 0 Å². The number of piperidine rings is 1. The fourth-order valence-electron chi connectivity index (χ4n) is 3.56. The van der Waals surface area contributed by atoms with Gasteiger partial charge in [-0.05, 0) is 36.2 Å². The maximum Gasteiger partial charge on any atom is 0.255 e. The molecule has 0 bridgehead atoms. The number of hydrogen-bond acceptors (Lipinski definition) is 5. The molecule has 2 N–H and O–H groups in total. The molecule has 2 aromatic rings. The highest BCUT2D eigenvalue weighted by atomic mass is 35.5. The van der Waals surface area contributed by atoms with E-state index >= 15 is 0 Å². The normalized spacial score (nSPS) is 18.3. The molecule has 1 saturated heterocycles. The van der Waals surface area contributed by atoms with Crippen LogP contribution < -0.4 is 10.6 Å². The number of carbonyl (C=O) groups excluding carboxylic acids is 4. The second-order valence-electron chi connectivity index (χ2n) is 7.05. The lowest BCUT2D eigenvalue weighted by Crippen LogP contribution is -2.52. The van der Waals surface area contributed by atoms with E-state index in [4.69, 9.17) is 11.6 Å². The summed E-state index contributed by atoms with van der Waals surface area (Å²) in [6, 6.07) is 4.83. The van der Waals surface area contributed by atoms with Crippen molar-refractivity contribution in [1.29, 1.82) is 0 Å².